The largest absolute Gasteiger partial charge is 0.514 e. The molecule has 0 aromatic heterocycles. The van der Waals surface area contributed by atoms with E-state index < -0.39 is 115 Å². The van der Waals surface area contributed by atoms with Crippen LogP contribution in [0.15, 0.2) is 0 Å². The Hall–Kier alpha value is -2.88. The van der Waals surface area contributed by atoms with Crippen molar-refractivity contribution in [1.29, 1.82) is 0 Å². The second kappa shape index (κ2) is 12.6. The fourth-order valence-corrected chi connectivity index (χ4v) is 6.04. The maximum absolute atomic E-state index is 14.5. The van der Waals surface area contributed by atoms with Crippen molar-refractivity contribution in [2.45, 2.75) is 71.8 Å². The maximum atomic E-state index is 14.5. The lowest BCUT2D eigenvalue weighted by Crippen LogP contribution is -2.79. The summed E-state index contributed by atoms with van der Waals surface area (Å²) in [5, 5.41) is -4.98. The molecule has 2 nitrogen and oxygen atoms in total. The summed E-state index contributed by atoms with van der Waals surface area (Å²) in [6, 6.07) is 0. The average molecular weight is 884 g/mol. The van der Waals surface area contributed by atoms with E-state index in [-0.39, 0.29) is 0 Å². The highest BCUT2D eigenvalue weighted by atomic mass is 28.4. The third-order valence-corrected chi connectivity index (χ3v) is 9.20. The van der Waals surface area contributed by atoms with Gasteiger partial charge in [0, 0.05) is 0 Å². The van der Waals surface area contributed by atoms with Crippen molar-refractivity contribution in [3.05, 3.63) is 29.1 Å². The molecule has 0 fully saturated rings. The Morgan fingerprint density at radius 3 is 0.830 bits per heavy atom. The quantitative estimate of drug-likeness (QED) is 0.0902. The molecular formula is C18F32O2Si. The number of hydrogen-bond donors (Lipinski definition) is 0. The van der Waals surface area contributed by atoms with Crippen LogP contribution >= 0.6 is 0 Å². The summed E-state index contributed by atoms with van der Waals surface area (Å²) < 4.78 is 436. The molecule has 0 bridgehead atoms. The lowest BCUT2D eigenvalue weighted by molar-refractivity contribution is -0.478. The van der Waals surface area contributed by atoms with Gasteiger partial charge in [0.1, 0.15) is 0 Å². The first-order valence-electron chi connectivity index (χ1n) is 11.1. The van der Waals surface area contributed by atoms with Crippen molar-refractivity contribution in [2.75, 3.05) is 0 Å². The Labute approximate surface area is 265 Å². The van der Waals surface area contributed by atoms with E-state index in [0.717, 1.165) is 0 Å². The molecule has 35 heteroatoms. The zero-order chi connectivity index (χ0) is 43.4. The highest BCUT2D eigenvalue weighted by Crippen LogP contribution is 2.66. The molecule has 1 aromatic rings. The molecule has 0 heterocycles. The molecule has 0 spiro atoms. The van der Waals surface area contributed by atoms with Gasteiger partial charge in [0.15, 0.2) is 23.3 Å². The molecule has 0 saturated carbocycles. The highest BCUT2D eigenvalue weighted by molar-refractivity contribution is 6.83. The summed E-state index contributed by atoms with van der Waals surface area (Å²) in [5.41, 5.74) is -8.77. The van der Waals surface area contributed by atoms with E-state index in [1.165, 1.54) is 4.43 Å². The first kappa shape index (κ1) is 48.1. The van der Waals surface area contributed by atoms with Crippen molar-refractivity contribution in [1.82, 2.24) is 0 Å². The van der Waals surface area contributed by atoms with E-state index in [0.29, 0.717) is 0 Å². The molecule has 0 N–H and O–H groups in total. The molecule has 53 heavy (non-hydrogen) atoms. The predicted molar refractivity (Wildman–Crippen MR) is 96.5 cm³/mol. The number of hydrogen-bond acceptors (Lipinski definition) is 2. The summed E-state index contributed by atoms with van der Waals surface area (Å²) >= 11 is 0. The smallest absolute Gasteiger partial charge is 0.322 e. The number of benzene rings is 1. The number of rotatable bonds is 12. The van der Waals surface area contributed by atoms with Crippen LogP contribution in [0.5, 0.6) is 0 Å². The third kappa shape index (κ3) is 6.54. The summed E-state index contributed by atoms with van der Waals surface area (Å²) in [6.45, 7) is 0. The van der Waals surface area contributed by atoms with Gasteiger partial charge in [0.2, 0.25) is 5.82 Å². The normalized spacial score (nSPS) is 17.0. The van der Waals surface area contributed by atoms with E-state index in [9.17, 15) is 140 Å². The fraction of sp³-hybridized carbons (Fsp3) is 0.667. The highest BCUT2D eigenvalue weighted by Gasteiger charge is 2.97. The minimum atomic E-state index is -10.9. The van der Waals surface area contributed by atoms with Gasteiger partial charge in [-0.05, 0) is 0 Å². The molecule has 0 amide bonds. The van der Waals surface area contributed by atoms with Gasteiger partial charge in [-0.15, -0.1) is 13.2 Å². The van der Waals surface area contributed by atoms with Gasteiger partial charge >= 0.3 is 80.4 Å². The van der Waals surface area contributed by atoms with Crippen molar-refractivity contribution in [3.63, 3.8) is 0 Å². The van der Waals surface area contributed by atoms with Crippen LogP contribution in [0.4, 0.5) is 140 Å². The van der Waals surface area contributed by atoms with E-state index in [1.54, 1.807) is 4.43 Å². The zero-order valence-electron chi connectivity index (χ0n) is 22.4. The zero-order valence-corrected chi connectivity index (χ0v) is 23.4. The molecule has 0 aliphatic carbocycles. The molecule has 0 aliphatic heterocycles. The molecule has 1 aromatic carbocycles. The van der Waals surface area contributed by atoms with Gasteiger partial charge in [-0.25, -0.2) is 22.0 Å². The third-order valence-electron chi connectivity index (χ3n) is 5.93. The second-order valence-corrected chi connectivity index (χ2v) is 12.1. The van der Waals surface area contributed by atoms with Gasteiger partial charge < -0.3 is 4.43 Å². The first-order valence-corrected chi connectivity index (χ1v) is 12.9. The van der Waals surface area contributed by atoms with Crippen LogP contribution in [0.3, 0.4) is 0 Å². The molecular weight excluding hydrogens is 884 g/mol. The summed E-state index contributed by atoms with van der Waals surface area (Å²) in [7, 11) is -10.9. The van der Waals surface area contributed by atoms with Crippen molar-refractivity contribution in [2.24, 2.45) is 0 Å². The van der Waals surface area contributed by atoms with Crippen LogP contribution in [0.25, 0.3) is 0 Å². The van der Waals surface area contributed by atoms with Gasteiger partial charge in [0.25, 0.3) is 0 Å². The van der Waals surface area contributed by atoms with E-state index >= 15 is 0 Å². The van der Waals surface area contributed by atoms with Crippen LogP contribution in [-0.2, 0) is 8.85 Å². The summed E-state index contributed by atoms with van der Waals surface area (Å²) in [4.78, 5) is 0. The molecule has 1 rings (SSSR count). The Bertz CT molecular complexity index is 1500. The number of alkyl halides is 27. The molecule has 1 unspecified atom stereocenters. The maximum Gasteiger partial charge on any atom is 0.514 e. The van der Waals surface area contributed by atoms with Gasteiger partial charge in [0.05, 0.1) is 5.19 Å². The van der Waals surface area contributed by atoms with Crippen LogP contribution < -0.4 is 5.19 Å². The van der Waals surface area contributed by atoms with Crippen LogP contribution in [0, 0.1) is 29.1 Å². The van der Waals surface area contributed by atoms with Crippen molar-refractivity contribution >= 4 is 13.7 Å². The van der Waals surface area contributed by atoms with Crippen LogP contribution in [0.1, 0.15) is 0 Å². The Morgan fingerprint density at radius 1 is 0.302 bits per heavy atom. The molecule has 1 atom stereocenters. The lowest BCUT2D eigenvalue weighted by atomic mass is 9.88. The van der Waals surface area contributed by atoms with Crippen molar-refractivity contribution in [3.8, 4) is 0 Å². The Balaban J connectivity index is 4.44. The predicted octanol–water partition coefficient (Wildman–Crippen LogP) is 9.92. The fourth-order valence-electron chi connectivity index (χ4n) is 3.24. The monoisotopic (exact) mass is 884 g/mol. The molecule has 0 radical (unpaired) electrons. The van der Waals surface area contributed by atoms with Gasteiger partial charge in [-0.2, -0.15) is 105 Å². The van der Waals surface area contributed by atoms with E-state index in [1.807, 2.05) is 0 Å². The Kier molecular flexibility index (Phi) is 11.4. The second-order valence-electron chi connectivity index (χ2n) is 9.32. The topological polar surface area (TPSA) is 18.5 Å². The first-order chi connectivity index (χ1) is 22.6. The van der Waals surface area contributed by atoms with E-state index in [4.69, 9.17) is 0 Å². The summed E-state index contributed by atoms with van der Waals surface area (Å²) in [5.74, 6) is -88.9. The molecule has 0 saturated heterocycles. The number of halogens is 32. The molecule has 312 valence electrons. The average Bonchev–Trinajstić information content (AvgIpc) is 2.91. The Morgan fingerprint density at radius 2 is 0.566 bits per heavy atom. The minimum absolute atomic E-state index is 1.45. The molecule has 0 aliphatic rings. The standard InChI is InChI=1S/C18F32O2Si/c19-1-2(20)4(22)6(5(23)3(1)21)53(52-18(48,49)50,17(46,47)15(41,42)43)51-16(44,45)13(36,37)11(32,33)9(28,29)7(24,25)8(26,27)10(30,31)12(34,35)14(38,39)40. The van der Waals surface area contributed by atoms with E-state index in [2.05, 4.69) is 0 Å². The SMILES string of the molecule is Fc1c(F)c(F)c([Si](OC(F)(F)F)(OC(F)(F)C(F)(F)C(F)(F)C(F)(F)C(F)(F)C(F)(F)C(F)(F)C(F)(F)C(F)(F)F)C(F)(F)C(F)(F)F)c(F)c1F. The lowest BCUT2D eigenvalue weighted by Gasteiger charge is -2.45. The van der Waals surface area contributed by atoms with Gasteiger partial charge in [-0.1, -0.05) is 0 Å². The van der Waals surface area contributed by atoms with Crippen molar-refractivity contribution < 1.29 is 149 Å². The van der Waals surface area contributed by atoms with Crippen LogP contribution in [-0.4, -0.2) is 80.4 Å². The van der Waals surface area contributed by atoms with Crippen LogP contribution in [0.2, 0.25) is 0 Å². The van der Waals surface area contributed by atoms with Gasteiger partial charge in [-0.3, -0.25) is 4.43 Å². The minimum Gasteiger partial charge on any atom is -0.322 e. The summed E-state index contributed by atoms with van der Waals surface area (Å²) in [6.07, 6.45) is -34.2.